The summed E-state index contributed by atoms with van der Waals surface area (Å²) in [5.41, 5.74) is -0.1000. The average Bonchev–Trinajstić information content (AvgIpc) is 2.82. The molecule has 19 heavy (non-hydrogen) atoms. The van der Waals surface area contributed by atoms with Crippen molar-refractivity contribution in [2.75, 3.05) is 0 Å². The second kappa shape index (κ2) is 6.02. The molecule has 0 aliphatic rings. The van der Waals surface area contributed by atoms with E-state index in [0.29, 0.717) is 5.39 Å². The lowest BCUT2D eigenvalue weighted by Crippen LogP contribution is -2.37. The molecule has 0 bridgehead atoms. The van der Waals surface area contributed by atoms with E-state index in [0.717, 1.165) is 17.5 Å². The first-order valence-corrected chi connectivity index (χ1v) is 7.35. The number of rotatable bonds is 5. The van der Waals surface area contributed by atoms with E-state index in [1.165, 1.54) is 15.9 Å². The molecular weight excluding hydrogens is 260 g/mol. The number of carbonyl (C=O) groups is 1. The van der Waals surface area contributed by atoms with Crippen molar-refractivity contribution in [3.05, 3.63) is 34.1 Å². The second-order valence-electron chi connectivity index (χ2n) is 4.70. The van der Waals surface area contributed by atoms with Crippen molar-refractivity contribution in [3.63, 3.8) is 0 Å². The molecule has 0 saturated carbocycles. The minimum absolute atomic E-state index is 0.0820. The van der Waals surface area contributed by atoms with Gasteiger partial charge >= 0.3 is 0 Å². The van der Waals surface area contributed by atoms with Crippen LogP contribution in [0.1, 0.15) is 26.7 Å². The van der Waals surface area contributed by atoms with E-state index < -0.39 is 0 Å². The number of nitrogens with one attached hydrogen (secondary N) is 1. The van der Waals surface area contributed by atoms with Gasteiger partial charge in [0.2, 0.25) is 5.91 Å². The molecule has 0 radical (unpaired) electrons. The van der Waals surface area contributed by atoms with Crippen molar-refractivity contribution in [1.29, 1.82) is 0 Å². The minimum Gasteiger partial charge on any atom is -0.352 e. The number of fused-ring (bicyclic) bond motifs is 1. The first-order chi connectivity index (χ1) is 9.11. The normalized spacial score (nSPS) is 12.5. The summed E-state index contributed by atoms with van der Waals surface area (Å²) < 4.78 is 2.42. The Hall–Kier alpha value is -1.62. The van der Waals surface area contributed by atoms with Crippen LogP contribution in [0.15, 0.2) is 28.5 Å². The molecule has 0 fully saturated rings. The van der Waals surface area contributed by atoms with Crippen molar-refractivity contribution < 1.29 is 4.79 Å². The molecule has 2 aromatic rings. The van der Waals surface area contributed by atoms with Gasteiger partial charge in [0.15, 0.2) is 0 Å². The summed E-state index contributed by atoms with van der Waals surface area (Å²) in [4.78, 5) is 24.0. The maximum Gasteiger partial charge on any atom is 0.259 e. The largest absolute Gasteiger partial charge is 0.352 e. The van der Waals surface area contributed by atoms with Crippen LogP contribution in [0.3, 0.4) is 0 Å². The Morgan fingerprint density at radius 2 is 2.26 bits per heavy atom. The molecule has 102 valence electrons. The van der Waals surface area contributed by atoms with Gasteiger partial charge in [-0.1, -0.05) is 13.3 Å². The van der Waals surface area contributed by atoms with Crippen molar-refractivity contribution in [2.45, 2.75) is 39.3 Å². The van der Waals surface area contributed by atoms with Gasteiger partial charge in [0.1, 0.15) is 6.54 Å². The molecule has 1 atom stereocenters. The van der Waals surface area contributed by atoms with Crippen LogP contribution in [-0.2, 0) is 11.3 Å². The van der Waals surface area contributed by atoms with Gasteiger partial charge in [-0.15, -0.1) is 11.3 Å². The van der Waals surface area contributed by atoms with Crippen LogP contribution in [0.25, 0.3) is 10.1 Å². The Bertz CT molecular complexity index is 630. The van der Waals surface area contributed by atoms with Crippen molar-refractivity contribution >= 4 is 27.3 Å². The first kappa shape index (κ1) is 13.8. The van der Waals surface area contributed by atoms with Crippen LogP contribution >= 0.6 is 11.3 Å². The Morgan fingerprint density at radius 1 is 1.47 bits per heavy atom. The Balaban J connectivity index is 2.11. The van der Waals surface area contributed by atoms with E-state index in [1.54, 1.807) is 12.3 Å². The molecule has 0 saturated heterocycles. The molecule has 0 spiro atoms. The van der Waals surface area contributed by atoms with E-state index in [9.17, 15) is 9.59 Å². The highest BCUT2D eigenvalue weighted by Crippen LogP contribution is 2.16. The third-order valence-corrected chi connectivity index (χ3v) is 3.92. The van der Waals surface area contributed by atoms with Gasteiger partial charge in [-0.3, -0.25) is 9.59 Å². The molecule has 2 aromatic heterocycles. The third kappa shape index (κ3) is 3.23. The lowest BCUT2D eigenvalue weighted by Gasteiger charge is -2.13. The molecule has 0 aliphatic carbocycles. The number of nitrogens with zero attached hydrogens (tertiary/aromatic N) is 1. The summed E-state index contributed by atoms with van der Waals surface area (Å²) in [7, 11) is 0. The lowest BCUT2D eigenvalue weighted by atomic mass is 10.2. The molecule has 4 nitrogen and oxygen atoms in total. The van der Waals surface area contributed by atoms with Crippen LogP contribution < -0.4 is 10.9 Å². The molecule has 1 amide bonds. The number of thiophene rings is 1. The summed E-state index contributed by atoms with van der Waals surface area (Å²) >= 11 is 1.53. The van der Waals surface area contributed by atoms with Gasteiger partial charge in [0.25, 0.3) is 5.56 Å². The van der Waals surface area contributed by atoms with Crippen molar-refractivity contribution in [3.8, 4) is 0 Å². The Kier molecular flexibility index (Phi) is 4.37. The number of pyridine rings is 1. The highest BCUT2D eigenvalue weighted by molar-refractivity contribution is 7.17. The summed E-state index contributed by atoms with van der Waals surface area (Å²) in [5.74, 6) is -0.113. The van der Waals surface area contributed by atoms with Gasteiger partial charge < -0.3 is 9.88 Å². The van der Waals surface area contributed by atoms with Crippen LogP contribution in [0, 0.1) is 0 Å². The highest BCUT2D eigenvalue weighted by Gasteiger charge is 2.09. The van der Waals surface area contributed by atoms with Crippen LogP contribution in [0.5, 0.6) is 0 Å². The SMILES string of the molecule is CCCC(C)NC(=O)Cn1ccc2sccc2c1=O. The molecule has 2 rings (SSSR count). The minimum atomic E-state index is -0.113. The quantitative estimate of drug-likeness (QED) is 0.913. The fourth-order valence-electron chi connectivity index (χ4n) is 2.11. The predicted octanol–water partition coefficient (Wildman–Crippen LogP) is 2.37. The fourth-order valence-corrected chi connectivity index (χ4v) is 2.88. The van der Waals surface area contributed by atoms with Gasteiger partial charge in [0.05, 0.1) is 5.39 Å². The van der Waals surface area contributed by atoms with Crippen LogP contribution in [-0.4, -0.2) is 16.5 Å². The van der Waals surface area contributed by atoms with Gasteiger partial charge in [-0.05, 0) is 30.9 Å². The topological polar surface area (TPSA) is 51.1 Å². The van der Waals surface area contributed by atoms with Gasteiger partial charge in [0, 0.05) is 16.9 Å². The summed E-state index contributed by atoms with van der Waals surface area (Å²) in [6.07, 6.45) is 3.66. The highest BCUT2D eigenvalue weighted by atomic mass is 32.1. The molecule has 0 aromatic carbocycles. The Labute approximate surface area is 116 Å². The first-order valence-electron chi connectivity index (χ1n) is 6.48. The van der Waals surface area contributed by atoms with E-state index in [-0.39, 0.29) is 24.1 Å². The van der Waals surface area contributed by atoms with E-state index >= 15 is 0 Å². The number of aromatic nitrogens is 1. The second-order valence-corrected chi connectivity index (χ2v) is 5.65. The zero-order chi connectivity index (χ0) is 13.8. The van der Waals surface area contributed by atoms with Crippen LogP contribution in [0.4, 0.5) is 0 Å². The molecular formula is C14H18N2O2S. The van der Waals surface area contributed by atoms with Crippen LogP contribution in [0.2, 0.25) is 0 Å². The summed E-state index contributed by atoms with van der Waals surface area (Å²) in [6.45, 7) is 4.14. The smallest absolute Gasteiger partial charge is 0.259 e. The van der Waals surface area contributed by atoms with E-state index in [1.807, 2.05) is 18.4 Å². The predicted molar refractivity (Wildman–Crippen MR) is 78.6 cm³/mol. The maximum absolute atomic E-state index is 12.1. The molecule has 2 heterocycles. The number of carbonyl (C=O) groups excluding carboxylic acids is 1. The number of hydrogen-bond acceptors (Lipinski definition) is 3. The molecule has 1 unspecified atom stereocenters. The maximum atomic E-state index is 12.1. The van der Waals surface area contributed by atoms with E-state index in [4.69, 9.17) is 0 Å². The molecule has 5 heteroatoms. The average molecular weight is 278 g/mol. The lowest BCUT2D eigenvalue weighted by molar-refractivity contribution is -0.122. The Morgan fingerprint density at radius 3 is 3.00 bits per heavy atom. The number of hydrogen-bond donors (Lipinski definition) is 1. The monoisotopic (exact) mass is 278 g/mol. The van der Waals surface area contributed by atoms with Crippen molar-refractivity contribution in [2.24, 2.45) is 0 Å². The zero-order valence-corrected chi connectivity index (χ0v) is 12.0. The van der Waals surface area contributed by atoms with Gasteiger partial charge in [-0.25, -0.2) is 0 Å². The third-order valence-electron chi connectivity index (χ3n) is 3.04. The fraction of sp³-hybridized carbons (Fsp3) is 0.429. The standard InChI is InChI=1S/C14H18N2O2S/c1-3-4-10(2)15-13(17)9-16-7-5-12-11(14(16)18)6-8-19-12/h5-8,10H,3-4,9H2,1-2H3,(H,15,17). The molecule has 0 aliphatic heterocycles. The van der Waals surface area contributed by atoms with Gasteiger partial charge in [-0.2, -0.15) is 0 Å². The van der Waals surface area contributed by atoms with E-state index in [2.05, 4.69) is 12.2 Å². The summed E-state index contributed by atoms with van der Waals surface area (Å²) in [5, 5.41) is 5.47. The summed E-state index contributed by atoms with van der Waals surface area (Å²) in [6, 6.07) is 3.83. The van der Waals surface area contributed by atoms with Crippen molar-refractivity contribution in [1.82, 2.24) is 9.88 Å². The zero-order valence-electron chi connectivity index (χ0n) is 11.2. The number of amides is 1. The molecule has 1 N–H and O–H groups in total.